The van der Waals surface area contributed by atoms with Gasteiger partial charge in [-0.05, 0) is 68.7 Å². The lowest BCUT2D eigenvalue weighted by molar-refractivity contribution is 0.254. The third kappa shape index (κ3) is 3.05. The van der Waals surface area contributed by atoms with Crippen molar-refractivity contribution in [1.29, 1.82) is 0 Å². The Hall–Kier alpha value is -2.60. The van der Waals surface area contributed by atoms with Gasteiger partial charge in [0.2, 0.25) is 0 Å². The van der Waals surface area contributed by atoms with E-state index in [-0.39, 0.29) is 12.1 Å². The fourth-order valence-corrected chi connectivity index (χ4v) is 6.11. The Bertz CT molecular complexity index is 1100. The first-order valence-corrected chi connectivity index (χ1v) is 11.6. The number of aliphatic imine (C=N–C) groups is 1. The Kier molecular flexibility index (Phi) is 4.89. The zero-order chi connectivity index (χ0) is 20.8. The van der Waals surface area contributed by atoms with Gasteiger partial charge < -0.3 is 9.47 Å². The van der Waals surface area contributed by atoms with E-state index >= 15 is 0 Å². The summed E-state index contributed by atoms with van der Waals surface area (Å²) in [6, 6.07) is 13.4. The van der Waals surface area contributed by atoms with Crippen LogP contribution in [-0.2, 0) is 0 Å². The van der Waals surface area contributed by atoms with Crippen LogP contribution in [0.5, 0.6) is 0 Å². The van der Waals surface area contributed by atoms with Gasteiger partial charge in [0.05, 0.1) is 11.7 Å². The highest BCUT2D eigenvalue weighted by atomic mass is 32.2. The van der Waals surface area contributed by atoms with Crippen molar-refractivity contribution in [2.75, 3.05) is 5.75 Å². The van der Waals surface area contributed by atoms with Gasteiger partial charge in [0.1, 0.15) is 11.9 Å². The minimum Gasteiger partial charge on any atom is -0.338 e. The maximum absolute atomic E-state index is 5.16. The minimum absolute atomic E-state index is 0.0162. The lowest BCUT2D eigenvalue weighted by Gasteiger charge is -2.32. The fraction of sp³-hybridized carbons (Fsp3) is 0.375. The van der Waals surface area contributed by atoms with Crippen LogP contribution in [0.25, 0.3) is 5.82 Å². The summed E-state index contributed by atoms with van der Waals surface area (Å²) in [5.74, 6) is 2.09. The number of hydrogen-bond acceptors (Lipinski definition) is 5. The molecule has 2 aliphatic heterocycles. The Morgan fingerprint density at radius 3 is 2.67 bits per heavy atom. The maximum atomic E-state index is 5.16. The van der Waals surface area contributed by atoms with Crippen molar-refractivity contribution in [1.82, 2.24) is 19.4 Å². The molecule has 0 spiro atoms. The van der Waals surface area contributed by atoms with Crippen LogP contribution in [0.4, 0.5) is 0 Å². The van der Waals surface area contributed by atoms with E-state index in [0.29, 0.717) is 6.04 Å². The van der Waals surface area contributed by atoms with Crippen LogP contribution in [0.3, 0.4) is 0 Å². The Labute approximate surface area is 182 Å². The van der Waals surface area contributed by atoms with Crippen LogP contribution in [0, 0.1) is 20.8 Å². The number of amidine groups is 1. The number of hydrogen-bond donors (Lipinski definition) is 0. The number of pyridine rings is 2. The van der Waals surface area contributed by atoms with Crippen LogP contribution in [-0.4, -0.2) is 36.4 Å². The number of aromatic nitrogens is 3. The number of fused-ring (bicyclic) bond motifs is 1. The number of thioether (sulfide) groups is 1. The van der Waals surface area contributed by atoms with Crippen molar-refractivity contribution in [2.24, 2.45) is 4.99 Å². The number of aryl methyl sites for hydroxylation is 2. The molecule has 2 aliphatic rings. The highest BCUT2D eigenvalue weighted by molar-refractivity contribution is 8.14. The molecule has 154 valence electrons. The molecule has 6 heteroatoms. The summed E-state index contributed by atoms with van der Waals surface area (Å²) in [6.07, 6.45) is 4.89. The third-order valence-corrected chi connectivity index (χ3v) is 7.37. The highest BCUT2D eigenvalue weighted by Gasteiger charge is 2.46. The number of rotatable bonds is 4. The SMILES string of the molecule is CC[C@@H]1CSC2=N[C@H](c3ccccn3)[C@H](c3cc(C)n(-c4cc(C)ccn4)c3C)N21. The van der Waals surface area contributed by atoms with Crippen LogP contribution in [0.15, 0.2) is 53.8 Å². The molecule has 5 heterocycles. The molecule has 0 amide bonds. The van der Waals surface area contributed by atoms with Gasteiger partial charge in [-0.3, -0.25) is 9.98 Å². The first-order chi connectivity index (χ1) is 14.6. The monoisotopic (exact) mass is 417 g/mol. The third-order valence-electron chi connectivity index (χ3n) is 6.25. The first-order valence-electron chi connectivity index (χ1n) is 10.6. The molecule has 0 N–H and O–H groups in total. The van der Waals surface area contributed by atoms with Gasteiger partial charge >= 0.3 is 0 Å². The molecule has 0 unspecified atom stereocenters. The van der Waals surface area contributed by atoms with Crippen molar-refractivity contribution in [3.05, 3.63) is 77.0 Å². The fourth-order valence-electron chi connectivity index (χ4n) is 4.77. The van der Waals surface area contributed by atoms with Gasteiger partial charge in [-0.25, -0.2) is 4.98 Å². The van der Waals surface area contributed by atoms with E-state index < -0.39 is 0 Å². The average Bonchev–Trinajstić information content (AvgIpc) is 3.40. The smallest absolute Gasteiger partial charge is 0.160 e. The largest absolute Gasteiger partial charge is 0.338 e. The molecule has 3 aromatic rings. The van der Waals surface area contributed by atoms with Crippen LogP contribution in [0.1, 0.15) is 53.6 Å². The summed E-state index contributed by atoms with van der Waals surface area (Å²) in [5.41, 5.74) is 6.02. The van der Waals surface area contributed by atoms with Gasteiger partial charge in [0, 0.05) is 35.6 Å². The van der Waals surface area contributed by atoms with Gasteiger partial charge in [-0.1, -0.05) is 24.8 Å². The normalized spacial score (nSPS) is 23.0. The lowest BCUT2D eigenvalue weighted by Crippen LogP contribution is -2.35. The van der Waals surface area contributed by atoms with E-state index in [1.54, 1.807) is 0 Å². The lowest BCUT2D eigenvalue weighted by atomic mass is 9.95. The van der Waals surface area contributed by atoms with E-state index in [2.05, 4.69) is 71.4 Å². The molecule has 1 fully saturated rings. The highest BCUT2D eigenvalue weighted by Crippen LogP contribution is 2.49. The summed E-state index contributed by atoms with van der Waals surface area (Å²) in [7, 11) is 0. The minimum atomic E-state index is 0.0162. The second kappa shape index (κ2) is 7.58. The topological polar surface area (TPSA) is 46.3 Å². The molecule has 3 aromatic heterocycles. The molecular formula is C24H27N5S. The summed E-state index contributed by atoms with van der Waals surface area (Å²) in [5, 5.41) is 1.17. The molecule has 0 saturated carbocycles. The molecule has 0 radical (unpaired) electrons. The van der Waals surface area contributed by atoms with Crippen molar-refractivity contribution in [3.8, 4) is 5.82 Å². The van der Waals surface area contributed by atoms with Gasteiger partial charge in [-0.2, -0.15) is 0 Å². The van der Waals surface area contributed by atoms with Crippen molar-refractivity contribution >= 4 is 16.9 Å². The summed E-state index contributed by atoms with van der Waals surface area (Å²) in [6.45, 7) is 8.77. The summed E-state index contributed by atoms with van der Waals surface area (Å²) < 4.78 is 2.28. The van der Waals surface area contributed by atoms with Gasteiger partial charge in [0.15, 0.2) is 5.17 Å². The Morgan fingerprint density at radius 1 is 1.07 bits per heavy atom. The number of nitrogens with zero attached hydrogens (tertiary/aromatic N) is 5. The molecular weight excluding hydrogens is 390 g/mol. The first kappa shape index (κ1) is 19.4. The standard InChI is InChI=1S/C24H27N5S/c1-5-18-14-30-24-27-22(20-8-6-7-10-25-20)23(29(18)24)19-13-16(3)28(17(19)4)21-12-15(2)9-11-26-21/h6-13,18,22-23H,5,14H2,1-4H3/t18-,22-,23+/m1/s1. The van der Waals surface area contributed by atoms with Crippen molar-refractivity contribution in [3.63, 3.8) is 0 Å². The van der Waals surface area contributed by atoms with Crippen LogP contribution in [0.2, 0.25) is 0 Å². The predicted molar refractivity (Wildman–Crippen MR) is 123 cm³/mol. The molecule has 30 heavy (non-hydrogen) atoms. The Balaban J connectivity index is 1.64. The van der Waals surface area contributed by atoms with Crippen LogP contribution >= 0.6 is 11.8 Å². The molecule has 5 nitrogen and oxygen atoms in total. The molecule has 0 aromatic carbocycles. The average molecular weight is 418 g/mol. The molecule has 5 rings (SSSR count). The summed E-state index contributed by atoms with van der Waals surface area (Å²) in [4.78, 5) is 17.0. The van der Waals surface area contributed by atoms with Crippen molar-refractivity contribution in [2.45, 2.75) is 52.2 Å². The van der Waals surface area contributed by atoms with E-state index in [1.807, 2.05) is 36.3 Å². The Morgan fingerprint density at radius 2 is 1.93 bits per heavy atom. The van der Waals surface area contributed by atoms with Crippen molar-refractivity contribution < 1.29 is 0 Å². The predicted octanol–water partition coefficient (Wildman–Crippen LogP) is 5.17. The molecule has 1 saturated heterocycles. The second-order valence-corrected chi connectivity index (χ2v) is 9.18. The second-order valence-electron chi connectivity index (χ2n) is 8.19. The van der Waals surface area contributed by atoms with E-state index in [4.69, 9.17) is 4.99 Å². The quantitative estimate of drug-likeness (QED) is 0.587. The van der Waals surface area contributed by atoms with E-state index in [0.717, 1.165) is 23.7 Å². The van der Waals surface area contributed by atoms with E-state index in [1.165, 1.54) is 27.7 Å². The zero-order valence-corrected chi connectivity index (χ0v) is 18.7. The zero-order valence-electron chi connectivity index (χ0n) is 17.9. The summed E-state index contributed by atoms with van der Waals surface area (Å²) >= 11 is 1.89. The molecule has 0 bridgehead atoms. The van der Waals surface area contributed by atoms with Gasteiger partial charge in [0.25, 0.3) is 0 Å². The van der Waals surface area contributed by atoms with Crippen LogP contribution < -0.4 is 0 Å². The maximum Gasteiger partial charge on any atom is 0.160 e. The van der Waals surface area contributed by atoms with Gasteiger partial charge in [-0.15, -0.1) is 0 Å². The van der Waals surface area contributed by atoms with E-state index in [9.17, 15) is 0 Å². The molecule has 3 atom stereocenters. The molecule has 0 aliphatic carbocycles.